The first-order valence-corrected chi connectivity index (χ1v) is 5.25. The van der Waals surface area contributed by atoms with E-state index in [0.29, 0.717) is 18.3 Å². The lowest BCUT2D eigenvalue weighted by molar-refractivity contribution is -0.143. The number of ether oxygens (including phenoxy) is 1. The van der Waals surface area contributed by atoms with Crippen LogP contribution in [-0.4, -0.2) is 53.0 Å². The van der Waals surface area contributed by atoms with Gasteiger partial charge in [0, 0.05) is 6.54 Å². The van der Waals surface area contributed by atoms with Crippen molar-refractivity contribution in [3.05, 3.63) is 0 Å². The normalized spacial score (nSPS) is 16.1. The minimum absolute atomic E-state index is 0.0505. The van der Waals surface area contributed by atoms with Gasteiger partial charge >= 0.3 is 5.97 Å². The Morgan fingerprint density at radius 2 is 2.20 bits per heavy atom. The molecule has 5 nitrogen and oxygen atoms in total. The zero-order valence-electron chi connectivity index (χ0n) is 8.86. The number of likely N-dealkylation sites (N-methyl/N-ethyl adjacent to an activating group) is 1. The third-order valence-electron chi connectivity index (χ3n) is 2.07. The van der Waals surface area contributed by atoms with E-state index in [0.717, 1.165) is 0 Å². The number of carbonyl (C=O) groups excluding carboxylic acids is 2. The molecule has 0 atom stereocenters. The van der Waals surface area contributed by atoms with Crippen molar-refractivity contribution in [2.24, 2.45) is 0 Å². The number of rotatable bonds is 4. The maximum Gasteiger partial charge on any atom is 0.325 e. The highest BCUT2D eigenvalue weighted by Gasteiger charge is 2.32. The molecule has 84 valence electrons. The van der Waals surface area contributed by atoms with Gasteiger partial charge in [-0.05, 0) is 26.1 Å². The topological polar surface area (TPSA) is 49.9 Å². The van der Waals surface area contributed by atoms with Crippen molar-refractivity contribution in [2.75, 3.05) is 26.2 Å². The van der Waals surface area contributed by atoms with Crippen molar-refractivity contribution in [1.29, 1.82) is 0 Å². The quantitative estimate of drug-likeness (QED) is 0.502. The summed E-state index contributed by atoms with van der Waals surface area (Å²) in [5, 5.41) is 0.413. The highest BCUT2D eigenvalue weighted by atomic mass is 32.1. The summed E-state index contributed by atoms with van der Waals surface area (Å²) in [5.74, 6) is -0.419. The van der Waals surface area contributed by atoms with Crippen molar-refractivity contribution in [2.45, 2.75) is 13.8 Å². The van der Waals surface area contributed by atoms with E-state index in [2.05, 4.69) is 0 Å². The van der Waals surface area contributed by atoms with Crippen LogP contribution in [0.25, 0.3) is 0 Å². The van der Waals surface area contributed by atoms with Crippen molar-refractivity contribution in [3.8, 4) is 0 Å². The van der Waals surface area contributed by atoms with Crippen LogP contribution in [0, 0.1) is 0 Å². The summed E-state index contributed by atoms with van der Waals surface area (Å²) in [7, 11) is 0. The number of amides is 1. The summed E-state index contributed by atoms with van der Waals surface area (Å²) >= 11 is 5.06. The molecule has 0 aromatic carbocycles. The highest BCUT2D eigenvalue weighted by molar-refractivity contribution is 7.80. The first kappa shape index (κ1) is 11.9. The summed E-state index contributed by atoms with van der Waals surface area (Å²) in [4.78, 5) is 25.6. The summed E-state index contributed by atoms with van der Waals surface area (Å²) in [5.41, 5.74) is 0. The zero-order valence-corrected chi connectivity index (χ0v) is 9.67. The lowest BCUT2D eigenvalue weighted by atomic mass is 10.5. The monoisotopic (exact) mass is 230 g/mol. The van der Waals surface area contributed by atoms with Crippen LogP contribution in [0.15, 0.2) is 0 Å². The van der Waals surface area contributed by atoms with Crippen molar-refractivity contribution >= 4 is 29.2 Å². The second-order valence-corrected chi connectivity index (χ2v) is 3.45. The van der Waals surface area contributed by atoms with E-state index in [1.54, 1.807) is 11.8 Å². The van der Waals surface area contributed by atoms with Crippen LogP contribution in [0.1, 0.15) is 13.8 Å². The first-order valence-electron chi connectivity index (χ1n) is 4.85. The van der Waals surface area contributed by atoms with E-state index >= 15 is 0 Å². The van der Waals surface area contributed by atoms with Crippen molar-refractivity contribution < 1.29 is 14.3 Å². The molecule has 1 aliphatic heterocycles. The Hall–Kier alpha value is -1.17. The summed E-state index contributed by atoms with van der Waals surface area (Å²) in [6.07, 6.45) is 0. The van der Waals surface area contributed by atoms with Crippen molar-refractivity contribution in [1.82, 2.24) is 9.80 Å². The third-order valence-corrected chi connectivity index (χ3v) is 2.55. The molecule has 0 aromatic heterocycles. The molecule has 1 rings (SSSR count). The zero-order chi connectivity index (χ0) is 11.4. The molecule has 0 bridgehead atoms. The van der Waals surface area contributed by atoms with Gasteiger partial charge in [-0.15, -0.1) is 0 Å². The average molecular weight is 230 g/mol. The number of thiocarbonyl (C=S) groups is 1. The summed E-state index contributed by atoms with van der Waals surface area (Å²) < 4.78 is 4.79. The van der Waals surface area contributed by atoms with Gasteiger partial charge in [-0.25, -0.2) is 0 Å². The molecule has 0 spiro atoms. The molecular weight excluding hydrogens is 216 g/mol. The second-order valence-electron chi connectivity index (χ2n) is 3.08. The second kappa shape index (κ2) is 5.06. The number of esters is 1. The molecule has 0 aromatic rings. The lowest BCUT2D eigenvalue weighted by Gasteiger charge is -2.17. The van der Waals surface area contributed by atoms with Crippen LogP contribution in [-0.2, 0) is 14.3 Å². The Kier molecular flexibility index (Phi) is 4.02. The maximum atomic E-state index is 11.4. The van der Waals surface area contributed by atoms with Crippen LogP contribution >= 0.6 is 12.2 Å². The number of hydrogen-bond donors (Lipinski definition) is 0. The van der Waals surface area contributed by atoms with E-state index in [1.165, 1.54) is 4.90 Å². The molecule has 0 N–H and O–H groups in total. The van der Waals surface area contributed by atoms with E-state index in [1.807, 2.05) is 6.92 Å². The molecule has 0 radical (unpaired) electrons. The van der Waals surface area contributed by atoms with Gasteiger partial charge in [-0.2, -0.15) is 0 Å². The largest absolute Gasteiger partial charge is 0.465 e. The minimum atomic E-state index is -0.356. The Labute approximate surface area is 94.0 Å². The third kappa shape index (κ3) is 2.65. The Balaban J connectivity index is 2.55. The molecule has 6 heteroatoms. The van der Waals surface area contributed by atoms with Crippen LogP contribution in [0.2, 0.25) is 0 Å². The predicted octanol–water partition coefficient (Wildman–Crippen LogP) is -0.00150. The summed E-state index contributed by atoms with van der Waals surface area (Å²) in [6, 6.07) is 0. The van der Waals surface area contributed by atoms with Gasteiger partial charge in [-0.1, -0.05) is 0 Å². The fourth-order valence-corrected chi connectivity index (χ4v) is 1.75. The molecule has 1 saturated heterocycles. The summed E-state index contributed by atoms with van der Waals surface area (Å²) in [6.45, 7) is 4.68. The minimum Gasteiger partial charge on any atom is -0.465 e. The Morgan fingerprint density at radius 1 is 1.53 bits per heavy atom. The Bertz CT molecular complexity index is 293. The molecule has 1 heterocycles. The van der Waals surface area contributed by atoms with Gasteiger partial charge in [0.2, 0.25) is 5.91 Å². The highest BCUT2D eigenvalue weighted by Crippen LogP contribution is 2.09. The predicted molar refractivity (Wildman–Crippen MR) is 58.2 cm³/mol. The Morgan fingerprint density at radius 3 is 2.67 bits per heavy atom. The lowest BCUT2D eigenvalue weighted by Crippen LogP contribution is -2.35. The average Bonchev–Trinajstić information content (AvgIpc) is 2.42. The smallest absolute Gasteiger partial charge is 0.325 e. The van der Waals surface area contributed by atoms with Gasteiger partial charge in [0.1, 0.15) is 13.1 Å². The van der Waals surface area contributed by atoms with Crippen LogP contribution in [0.3, 0.4) is 0 Å². The van der Waals surface area contributed by atoms with E-state index < -0.39 is 0 Å². The maximum absolute atomic E-state index is 11.4. The van der Waals surface area contributed by atoms with E-state index in [4.69, 9.17) is 17.0 Å². The number of hydrogen-bond acceptors (Lipinski definition) is 4. The van der Waals surface area contributed by atoms with Gasteiger partial charge < -0.3 is 9.64 Å². The van der Waals surface area contributed by atoms with Crippen LogP contribution < -0.4 is 0 Å². The molecule has 1 amide bonds. The van der Waals surface area contributed by atoms with Gasteiger partial charge in [0.15, 0.2) is 5.11 Å². The van der Waals surface area contributed by atoms with E-state index in [-0.39, 0.29) is 25.0 Å². The molecule has 1 fully saturated rings. The van der Waals surface area contributed by atoms with Gasteiger partial charge in [0.05, 0.1) is 6.61 Å². The fourth-order valence-electron chi connectivity index (χ4n) is 1.39. The van der Waals surface area contributed by atoms with E-state index in [9.17, 15) is 9.59 Å². The first-order chi connectivity index (χ1) is 7.10. The van der Waals surface area contributed by atoms with Crippen LogP contribution in [0.5, 0.6) is 0 Å². The molecule has 15 heavy (non-hydrogen) atoms. The van der Waals surface area contributed by atoms with Gasteiger partial charge in [0.25, 0.3) is 0 Å². The molecule has 0 unspecified atom stereocenters. The van der Waals surface area contributed by atoms with Crippen molar-refractivity contribution in [3.63, 3.8) is 0 Å². The molecular formula is C9H14N2O3S. The standard InChI is InChI=1S/C9H14N2O3S/c1-3-11-7(12)5-10(9(11)15)6-8(13)14-4-2/h3-6H2,1-2H3. The van der Waals surface area contributed by atoms with Crippen LogP contribution in [0.4, 0.5) is 0 Å². The molecule has 0 aliphatic carbocycles. The number of carbonyl (C=O) groups is 2. The molecule has 1 aliphatic rings. The SMILES string of the molecule is CCOC(=O)CN1CC(=O)N(CC)C1=S. The number of nitrogens with zero attached hydrogens (tertiary/aromatic N) is 2. The fraction of sp³-hybridized carbons (Fsp3) is 0.667. The molecule has 0 saturated carbocycles. The van der Waals surface area contributed by atoms with Gasteiger partial charge in [-0.3, -0.25) is 14.5 Å².